The molecule has 1 unspecified atom stereocenters. The summed E-state index contributed by atoms with van der Waals surface area (Å²) in [5.41, 5.74) is -0.121. The summed E-state index contributed by atoms with van der Waals surface area (Å²) >= 11 is 6.21. The Balaban J connectivity index is 2.11. The van der Waals surface area contributed by atoms with E-state index in [4.69, 9.17) is 17.4 Å². The van der Waals surface area contributed by atoms with Gasteiger partial charge in [-0.05, 0) is 32.9 Å². The second kappa shape index (κ2) is 6.59. The summed E-state index contributed by atoms with van der Waals surface area (Å²) < 4.78 is 0.982. The van der Waals surface area contributed by atoms with Crippen molar-refractivity contribution in [2.45, 2.75) is 32.4 Å². The number of aromatic nitrogens is 3. The first-order chi connectivity index (χ1) is 12.2. The summed E-state index contributed by atoms with van der Waals surface area (Å²) in [5, 5.41) is 14.1. The van der Waals surface area contributed by atoms with Crippen LogP contribution in [0.25, 0.3) is 22.2 Å². The molecular weight excluding hydrogens is 354 g/mol. The topological polar surface area (TPSA) is 106 Å². The molecule has 26 heavy (non-hydrogen) atoms. The van der Waals surface area contributed by atoms with Crippen LogP contribution in [0.4, 0.5) is 5.95 Å². The number of halogens is 1. The number of pyridine rings is 1. The third-order valence-electron chi connectivity index (χ3n) is 4.34. The summed E-state index contributed by atoms with van der Waals surface area (Å²) in [6.07, 6.45) is 1.57. The average Bonchev–Trinajstić information content (AvgIpc) is 2.58. The van der Waals surface area contributed by atoms with Gasteiger partial charge >= 0.3 is 0 Å². The molecule has 0 saturated carbocycles. The number of fused-ring (bicyclic) bond motifs is 1. The van der Waals surface area contributed by atoms with Crippen molar-refractivity contribution >= 4 is 28.6 Å². The predicted octanol–water partition coefficient (Wildman–Crippen LogP) is 2.40. The van der Waals surface area contributed by atoms with Gasteiger partial charge in [0.25, 0.3) is 5.56 Å². The molecule has 0 aliphatic heterocycles. The van der Waals surface area contributed by atoms with E-state index in [-0.39, 0.29) is 17.6 Å². The molecule has 7 nitrogen and oxygen atoms in total. The fraction of sp³-hybridized carbons (Fsp3) is 0.278. The predicted molar refractivity (Wildman–Crippen MR) is 104 cm³/mol. The van der Waals surface area contributed by atoms with E-state index >= 15 is 0 Å². The highest BCUT2D eigenvalue weighted by molar-refractivity contribution is 6.33. The van der Waals surface area contributed by atoms with E-state index in [1.165, 1.54) is 0 Å². The van der Waals surface area contributed by atoms with Crippen molar-refractivity contribution in [2.75, 3.05) is 11.2 Å². The first-order valence-corrected chi connectivity index (χ1v) is 8.48. The molecule has 2 heterocycles. The largest absolute Gasteiger partial charge is 0.388 e. The fourth-order valence-electron chi connectivity index (χ4n) is 2.43. The van der Waals surface area contributed by atoms with Crippen molar-refractivity contribution in [3.05, 3.63) is 51.9 Å². The summed E-state index contributed by atoms with van der Waals surface area (Å²) in [4.78, 5) is 21.3. The Kier molecular flexibility index (Phi) is 4.60. The second-order valence-corrected chi connectivity index (χ2v) is 7.11. The molecule has 4 N–H and O–H groups in total. The Hall–Kier alpha value is -2.64. The number of nitrogens with zero attached hydrogens (tertiary/aromatic N) is 3. The van der Waals surface area contributed by atoms with Gasteiger partial charge < -0.3 is 16.3 Å². The average molecular weight is 374 g/mol. The maximum atomic E-state index is 12.7. The molecule has 1 aromatic carbocycles. The molecule has 0 bridgehead atoms. The Morgan fingerprint density at radius 3 is 2.65 bits per heavy atom. The van der Waals surface area contributed by atoms with Crippen LogP contribution in [0.5, 0.6) is 0 Å². The summed E-state index contributed by atoms with van der Waals surface area (Å²) in [6.45, 7) is 5.17. The second-order valence-electron chi connectivity index (χ2n) is 6.71. The summed E-state index contributed by atoms with van der Waals surface area (Å²) in [7, 11) is 0. The molecular formula is C18H20ClN5O2. The Bertz CT molecular complexity index is 1030. The van der Waals surface area contributed by atoms with Gasteiger partial charge in [0.05, 0.1) is 17.2 Å². The van der Waals surface area contributed by atoms with Gasteiger partial charge in [-0.2, -0.15) is 4.98 Å². The van der Waals surface area contributed by atoms with Gasteiger partial charge in [0, 0.05) is 22.2 Å². The number of aliphatic hydroxyl groups is 1. The van der Waals surface area contributed by atoms with Gasteiger partial charge in [0.2, 0.25) is 5.95 Å². The van der Waals surface area contributed by atoms with E-state index in [0.29, 0.717) is 21.5 Å². The number of rotatable bonds is 4. The number of benzene rings is 1. The maximum Gasteiger partial charge on any atom is 0.278 e. The molecule has 3 rings (SSSR count). The Morgan fingerprint density at radius 1 is 1.31 bits per heavy atom. The van der Waals surface area contributed by atoms with E-state index in [2.05, 4.69) is 15.3 Å². The van der Waals surface area contributed by atoms with Crippen LogP contribution in [0.2, 0.25) is 5.02 Å². The molecule has 2 aromatic heterocycles. The normalized spacial score (nSPS) is 13.0. The molecule has 8 heteroatoms. The van der Waals surface area contributed by atoms with Gasteiger partial charge in [-0.1, -0.05) is 29.8 Å². The van der Waals surface area contributed by atoms with Crippen LogP contribution in [-0.4, -0.2) is 31.4 Å². The monoisotopic (exact) mass is 373 g/mol. The van der Waals surface area contributed by atoms with E-state index in [1.54, 1.807) is 50.4 Å². The first kappa shape index (κ1) is 18.2. The summed E-state index contributed by atoms with van der Waals surface area (Å²) in [5.74, 6) is 6.26. The lowest BCUT2D eigenvalue weighted by atomic mass is 10.0. The molecule has 0 saturated heterocycles. The lowest BCUT2D eigenvalue weighted by molar-refractivity contribution is 0.0646. The van der Waals surface area contributed by atoms with Gasteiger partial charge in [-0.3, -0.25) is 4.79 Å². The molecule has 0 aliphatic rings. The van der Waals surface area contributed by atoms with Crippen LogP contribution in [-0.2, 0) is 0 Å². The molecule has 0 spiro atoms. The minimum Gasteiger partial charge on any atom is -0.388 e. The van der Waals surface area contributed by atoms with Crippen LogP contribution in [0.3, 0.4) is 0 Å². The van der Waals surface area contributed by atoms with E-state index < -0.39 is 11.2 Å². The highest BCUT2D eigenvalue weighted by Crippen LogP contribution is 2.26. The van der Waals surface area contributed by atoms with E-state index in [1.807, 2.05) is 6.92 Å². The van der Waals surface area contributed by atoms with Gasteiger partial charge in [-0.25, -0.2) is 9.66 Å². The molecule has 3 aromatic rings. The third-order valence-corrected chi connectivity index (χ3v) is 4.67. The fourth-order valence-corrected chi connectivity index (χ4v) is 2.67. The SMILES string of the molecule is CC(Nc1ncc2cc(-c3ccccc3Cl)c(=O)n(N)c2n1)C(C)(C)O. The van der Waals surface area contributed by atoms with Crippen molar-refractivity contribution < 1.29 is 5.11 Å². The Labute approximate surface area is 155 Å². The minimum absolute atomic E-state index is 0.274. The molecule has 0 amide bonds. The van der Waals surface area contributed by atoms with Gasteiger partial charge in [-0.15, -0.1) is 0 Å². The van der Waals surface area contributed by atoms with Crippen molar-refractivity contribution in [2.24, 2.45) is 0 Å². The standard InChI is InChI=1S/C18H20ClN5O2/c1-10(18(2,3)26)22-17-21-9-11-8-13(12-6-4-5-7-14(12)19)16(25)24(20)15(11)23-17/h4-10,26H,20H2,1-3H3,(H,21,22,23). The molecule has 136 valence electrons. The van der Waals surface area contributed by atoms with Crippen LogP contribution < -0.4 is 16.7 Å². The molecule has 1 atom stereocenters. The van der Waals surface area contributed by atoms with E-state index in [0.717, 1.165) is 4.68 Å². The zero-order chi connectivity index (χ0) is 19.1. The first-order valence-electron chi connectivity index (χ1n) is 8.10. The number of nitrogens with one attached hydrogen (secondary N) is 1. The van der Waals surface area contributed by atoms with Crippen LogP contribution in [0, 0.1) is 0 Å². The lowest BCUT2D eigenvalue weighted by Crippen LogP contribution is -2.40. The number of nitrogens with two attached hydrogens (primary N) is 1. The molecule has 0 aliphatic carbocycles. The highest BCUT2D eigenvalue weighted by Gasteiger charge is 2.23. The van der Waals surface area contributed by atoms with E-state index in [9.17, 15) is 9.90 Å². The Morgan fingerprint density at radius 2 is 2.00 bits per heavy atom. The van der Waals surface area contributed by atoms with Crippen LogP contribution >= 0.6 is 11.6 Å². The highest BCUT2D eigenvalue weighted by atomic mass is 35.5. The van der Waals surface area contributed by atoms with Gasteiger partial charge in [0.15, 0.2) is 5.65 Å². The van der Waals surface area contributed by atoms with Crippen molar-refractivity contribution in [1.82, 2.24) is 14.6 Å². The van der Waals surface area contributed by atoms with Crippen LogP contribution in [0.15, 0.2) is 41.3 Å². The molecule has 0 radical (unpaired) electrons. The van der Waals surface area contributed by atoms with Crippen molar-refractivity contribution in [3.63, 3.8) is 0 Å². The lowest BCUT2D eigenvalue weighted by Gasteiger charge is -2.26. The van der Waals surface area contributed by atoms with Crippen molar-refractivity contribution in [1.29, 1.82) is 0 Å². The maximum absolute atomic E-state index is 12.7. The zero-order valence-corrected chi connectivity index (χ0v) is 15.4. The van der Waals surface area contributed by atoms with Crippen molar-refractivity contribution in [3.8, 4) is 11.1 Å². The van der Waals surface area contributed by atoms with Crippen LogP contribution in [0.1, 0.15) is 20.8 Å². The number of nitrogen functional groups attached to an aromatic ring is 1. The molecule has 0 fully saturated rings. The third kappa shape index (κ3) is 3.36. The minimum atomic E-state index is -0.964. The number of anilines is 1. The number of hydrogen-bond acceptors (Lipinski definition) is 6. The smallest absolute Gasteiger partial charge is 0.278 e. The quantitative estimate of drug-likeness (QED) is 0.606. The summed E-state index contributed by atoms with van der Waals surface area (Å²) in [6, 6.07) is 8.42. The zero-order valence-electron chi connectivity index (χ0n) is 14.7. The number of hydrogen-bond donors (Lipinski definition) is 3. The van der Waals surface area contributed by atoms with Gasteiger partial charge in [0.1, 0.15) is 0 Å².